The average molecular weight is 269 g/mol. The first-order valence-corrected chi connectivity index (χ1v) is 6.14. The van der Waals surface area contributed by atoms with Gasteiger partial charge in [-0.1, -0.05) is 22.0 Å². The normalized spacial score (nSPS) is 26.7. The second-order valence-corrected chi connectivity index (χ2v) is 5.46. The topological polar surface area (TPSA) is 29.5 Å². The second kappa shape index (κ2) is 3.22. The van der Waals surface area contributed by atoms with Crippen molar-refractivity contribution >= 4 is 15.9 Å². The lowest BCUT2D eigenvalue weighted by Crippen LogP contribution is -2.46. The lowest BCUT2D eigenvalue weighted by molar-refractivity contribution is -0.0663. The number of halogens is 1. The van der Waals surface area contributed by atoms with Gasteiger partial charge in [0.25, 0.3) is 0 Å². The Morgan fingerprint density at radius 3 is 2.87 bits per heavy atom. The van der Waals surface area contributed by atoms with Crippen LogP contribution < -0.4 is 4.74 Å². The van der Waals surface area contributed by atoms with Crippen LogP contribution in [0, 0.1) is 0 Å². The smallest absolute Gasteiger partial charge is 0.127 e. The molecular formula is C12H13BrO2. The van der Waals surface area contributed by atoms with E-state index in [1.807, 2.05) is 18.2 Å². The molecular weight excluding hydrogens is 256 g/mol. The summed E-state index contributed by atoms with van der Waals surface area (Å²) in [5.41, 5.74) is 0.864. The highest BCUT2D eigenvalue weighted by Crippen LogP contribution is 2.49. The summed E-state index contributed by atoms with van der Waals surface area (Å²) in [4.78, 5) is 0. The molecule has 1 fully saturated rings. The molecule has 0 saturated heterocycles. The van der Waals surface area contributed by atoms with E-state index in [1.54, 1.807) is 0 Å². The van der Waals surface area contributed by atoms with Gasteiger partial charge in [0, 0.05) is 16.5 Å². The van der Waals surface area contributed by atoms with Gasteiger partial charge in [0.05, 0.1) is 6.10 Å². The fourth-order valence-electron chi connectivity index (χ4n) is 2.49. The molecule has 0 unspecified atom stereocenters. The highest BCUT2D eigenvalue weighted by molar-refractivity contribution is 9.10. The zero-order valence-corrected chi connectivity index (χ0v) is 9.96. The Labute approximate surface area is 97.4 Å². The number of fused-ring (bicyclic) bond motifs is 1. The van der Waals surface area contributed by atoms with Crippen molar-refractivity contribution in [3.05, 3.63) is 28.2 Å². The second-order valence-electron chi connectivity index (χ2n) is 4.54. The standard InChI is InChI=1S/C12H13BrO2/c13-8-2-3-9-10(14)7-12(4-1-5-12)15-11(9)6-8/h2-3,6,10,14H,1,4-5,7H2/t10-/m1/s1. The predicted molar refractivity (Wildman–Crippen MR) is 60.9 cm³/mol. The molecule has 0 amide bonds. The fraction of sp³-hybridized carbons (Fsp3) is 0.500. The molecule has 3 rings (SSSR count). The van der Waals surface area contributed by atoms with Crippen molar-refractivity contribution in [2.75, 3.05) is 0 Å². The van der Waals surface area contributed by atoms with E-state index in [4.69, 9.17) is 4.74 Å². The van der Waals surface area contributed by atoms with Crippen LogP contribution in [0.2, 0.25) is 0 Å². The Kier molecular flexibility index (Phi) is 2.08. The Morgan fingerprint density at radius 1 is 1.40 bits per heavy atom. The summed E-state index contributed by atoms with van der Waals surface area (Å²) in [6.07, 6.45) is 3.77. The van der Waals surface area contributed by atoms with E-state index in [9.17, 15) is 5.11 Å². The van der Waals surface area contributed by atoms with Crippen LogP contribution in [0.3, 0.4) is 0 Å². The largest absolute Gasteiger partial charge is 0.487 e. The van der Waals surface area contributed by atoms with Gasteiger partial charge < -0.3 is 9.84 Å². The quantitative estimate of drug-likeness (QED) is 0.783. The van der Waals surface area contributed by atoms with Gasteiger partial charge in [-0.05, 0) is 31.4 Å². The monoisotopic (exact) mass is 268 g/mol. The van der Waals surface area contributed by atoms with Crippen LogP contribution in [0.15, 0.2) is 22.7 Å². The first kappa shape index (κ1) is 9.67. The Hall–Kier alpha value is -0.540. The van der Waals surface area contributed by atoms with Crippen LogP contribution in [0.1, 0.15) is 37.4 Å². The number of aliphatic hydroxyl groups is 1. The third kappa shape index (κ3) is 1.49. The lowest BCUT2D eigenvalue weighted by Gasteiger charge is -2.46. The highest BCUT2D eigenvalue weighted by Gasteiger charge is 2.45. The minimum Gasteiger partial charge on any atom is -0.487 e. The molecule has 15 heavy (non-hydrogen) atoms. The van der Waals surface area contributed by atoms with E-state index in [2.05, 4.69) is 15.9 Å². The maximum Gasteiger partial charge on any atom is 0.127 e. The van der Waals surface area contributed by atoms with Gasteiger partial charge in [0.2, 0.25) is 0 Å². The number of aliphatic hydroxyl groups excluding tert-OH is 1. The summed E-state index contributed by atoms with van der Waals surface area (Å²) >= 11 is 3.43. The van der Waals surface area contributed by atoms with Crippen molar-refractivity contribution in [1.29, 1.82) is 0 Å². The van der Waals surface area contributed by atoms with Gasteiger partial charge >= 0.3 is 0 Å². The van der Waals surface area contributed by atoms with E-state index in [1.165, 1.54) is 6.42 Å². The Balaban J connectivity index is 2.01. The molecule has 2 aliphatic rings. The molecule has 0 radical (unpaired) electrons. The van der Waals surface area contributed by atoms with Crippen molar-refractivity contribution in [2.45, 2.75) is 37.4 Å². The number of ether oxygens (including phenoxy) is 1. The molecule has 1 aliphatic heterocycles. The van der Waals surface area contributed by atoms with E-state index in [0.717, 1.165) is 35.0 Å². The highest BCUT2D eigenvalue weighted by atomic mass is 79.9. The maximum absolute atomic E-state index is 10.1. The van der Waals surface area contributed by atoms with Crippen LogP contribution in [-0.4, -0.2) is 10.7 Å². The van der Waals surface area contributed by atoms with Crippen LogP contribution in [-0.2, 0) is 0 Å². The molecule has 1 atom stereocenters. The fourth-order valence-corrected chi connectivity index (χ4v) is 2.83. The first-order valence-electron chi connectivity index (χ1n) is 5.35. The molecule has 3 heteroatoms. The molecule has 1 aromatic carbocycles. The van der Waals surface area contributed by atoms with Crippen molar-refractivity contribution in [1.82, 2.24) is 0 Å². The van der Waals surface area contributed by atoms with Gasteiger partial charge in [-0.15, -0.1) is 0 Å². The molecule has 1 aromatic rings. The van der Waals surface area contributed by atoms with Gasteiger partial charge in [0.1, 0.15) is 11.4 Å². The van der Waals surface area contributed by atoms with Crippen LogP contribution >= 0.6 is 15.9 Å². The molecule has 80 valence electrons. The van der Waals surface area contributed by atoms with Crippen molar-refractivity contribution in [3.8, 4) is 5.75 Å². The van der Waals surface area contributed by atoms with Crippen molar-refractivity contribution in [3.63, 3.8) is 0 Å². The summed E-state index contributed by atoms with van der Waals surface area (Å²) in [6.45, 7) is 0. The van der Waals surface area contributed by atoms with Gasteiger partial charge in [0.15, 0.2) is 0 Å². The summed E-state index contributed by atoms with van der Waals surface area (Å²) in [5, 5.41) is 10.1. The third-order valence-electron chi connectivity index (χ3n) is 3.49. The number of benzene rings is 1. The van der Waals surface area contributed by atoms with Crippen LogP contribution in [0.5, 0.6) is 5.75 Å². The molecule has 1 N–H and O–H groups in total. The van der Waals surface area contributed by atoms with E-state index >= 15 is 0 Å². The van der Waals surface area contributed by atoms with Gasteiger partial charge in [-0.25, -0.2) is 0 Å². The summed E-state index contributed by atoms with van der Waals surface area (Å²) < 4.78 is 7.02. The molecule has 1 spiro atoms. The molecule has 1 saturated carbocycles. The summed E-state index contributed by atoms with van der Waals surface area (Å²) in [7, 11) is 0. The van der Waals surface area contributed by atoms with Crippen LogP contribution in [0.4, 0.5) is 0 Å². The number of hydrogen-bond acceptors (Lipinski definition) is 2. The summed E-state index contributed by atoms with van der Waals surface area (Å²) in [6, 6.07) is 5.84. The SMILES string of the molecule is O[C@@H]1CC2(CCC2)Oc2cc(Br)ccc21. The molecule has 1 aliphatic carbocycles. The zero-order chi connectivity index (χ0) is 10.5. The van der Waals surface area contributed by atoms with Crippen molar-refractivity contribution in [2.24, 2.45) is 0 Å². The van der Waals surface area contributed by atoms with E-state index < -0.39 is 0 Å². The molecule has 0 aromatic heterocycles. The minimum atomic E-state index is -0.359. The van der Waals surface area contributed by atoms with E-state index in [0.29, 0.717) is 0 Å². The minimum absolute atomic E-state index is 0.0623. The zero-order valence-electron chi connectivity index (χ0n) is 8.37. The maximum atomic E-state index is 10.1. The molecule has 1 heterocycles. The third-order valence-corrected chi connectivity index (χ3v) is 3.98. The number of hydrogen-bond donors (Lipinski definition) is 1. The predicted octanol–water partition coefficient (Wildman–Crippen LogP) is 3.19. The Morgan fingerprint density at radius 2 is 2.20 bits per heavy atom. The number of rotatable bonds is 0. The lowest BCUT2D eigenvalue weighted by atomic mass is 9.73. The summed E-state index contributed by atoms with van der Waals surface area (Å²) in [5.74, 6) is 0.850. The average Bonchev–Trinajstić information content (AvgIpc) is 2.14. The van der Waals surface area contributed by atoms with E-state index in [-0.39, 0.29) is 11.7 Å². The van der Waals surface area contributed by atoms with Crippen molar-refractivity contribution < 1.29 is 9.84 Å². The van der Waals surface area contributed by atoms with Gasteiger partial charge in [-0.2, -0.15) is 0 Å². The molecule has 2 nitrogen and oxygen atoms in total. The molecule has 0 bridgehead atoms. The van der Waals surface area contributed by atoms with Crippen LogP contribution in [0.25, 0.3) is 0 Å². The van der Waals surface area contributed by atoms with Gasteiger partial charge in [-0.3, -0.25) is 0 Å². The first-order chi connectivity index (χ1) is 7.19. The Bertz CT molecular complexity index is 399.